The molecule has 0 radical (unpaired) electrons. The van der Waals surface area contributed by atoms with Gasteiger partial charge in [-0.05, 0) is 23.8 Å². The Morgan fingerprint density at radius 1 is 1.27 bits per heavy atom. The first kappa shape index (κ1) is 22.7. The second-order valence-corrected chi connectivity index (χ2v) is 10.1. The molecule has 1 fully saturated rings. The quantitative estimate of drug-likeness (QED) is 0.540. The van der Waals surface area contributed by atoms with Crippen molar-refractivity contribution in [3.63, 3.8) is 0 Å². The van der Waals surface area contributed by atoms with E-state index in [1.165, 1.54) is 35.4 Å². The Kier molecular flexibility index (Phi) is 5.83. The van der Waals surface area contributed by atoms with Crippen molar-refractivity contribution in [2.24, 2.45) is 5.92 Å². The van der Waals surface area contributed by atoms with Gasteiger partial charge in [0, 0.05) is 38.0 Å². The molecular weight excluding hydrogens is 451 g/mol. The molecule has 2 aromatic heterocycles. The lowest BCUT2D eigenvalue weighted by molar-refractivity contribution is -0.126. The maximum atomic E-state index is 13.3. The fraction of sp³-hybridized carbons (Fsp3) is 0.318. The van der Waals surface area contributed by atoms with E-state index in [1.807, 2.05) is 0 Å². The molecule has 11 heteroatoms. The van der Waals surface area contributed by atoms with E-state index >= 15 is 0 Å². The minimum absolute atomic E-state index is 0.0448. The Morgan fingerprint density at radius 3 is 2.55 bits per heavy atom. The zero-order valence-corrected chi connectivity index (χ0v) is 19.1. The van der Waals surface area contributed by atoms with E-state index in [1.54, 1.807) is 37.1 Å². The highest BCUT2D eigenvalue weighted by Gasteiger charge is 2.44. The van der Waals surface area contributed by atoms with Crippen LogP contribution in [0.15, 0.2) is 53.3 Å². The van der Waals surface area contributed by atoms with Crippen LogP contribution in [0.25, 0.3) is 0 Å². The molecule has 1 aromatic carbocycles. The molecule has 0 saturated carbocycles. The molecule has 33 heavy (non-hydrogen) atoms. The summed E-state index contributed by atoms with van der Waals surface area (Å²) in [5, 5.41) is 4.48. The minimum Gasteiger partial charge on any atom is -0.472 e. The summed E-state index contributed by atoms with van der Waals surface area (Å²) in [6.45, 7) is 1.96. The first-order valence-corrected chi connectivity index (χ1v) is 12.0. The average Bonchev–Trinajstić information content (AvgIpc) is 3.49. The van der Waals surface area contributed by atoms with Gasteiger partial charge in [-0.15, -0.1) is 0 Å². The molecule has 2 atom stereocenters. The highest BCUT2D eigenvalue weighted by Crippen LogP contribution is 2.36. The summed E-state index contributed by atoms with van der Waals surface area (Å²) in [6.07, 6.45) is 3.67. The first-order valence-electron chi connectivity index (χ1n) is 10.2. The molecule has 0 spiro atoms. The first-order chi connectivity index (χ1) is 15.6. The predicted octanol–water partition coefficient (Wildman–Crippen LogP) is 2.46. The molecule has 1 saturated heterocycles. The molecule has 3 heterocycles. The number of rotatable bonds is 6. The zero-order valence-electron chi connectivity index (χ0n) is 18.3. The van der Waals surface area contributed by atoms with E-state index in [2.05, 4.69) is 5.10 Å². The topological polar surface area (TPSA) is 106 Å². The van der Waals surface area contributed by atoms with Crippen molar-refractivity contribution >= 4 is 27.7 Å². The summed E-state index contributed by atoms with van der Waals surface area (Å²) in [4.78, 5) is 27.4. The van der Waals surface area contributed by atoms with Gasteiger partial charge in [0.25, 0.3) is 5.91 Å². The fourth-order valence-corrected chi connectivity index (χ4v) is 4.84. The monoisotopic (exact) mass is 474 g/mol. The Bertz CT molecular complexity index is 1280. The van der Waals surface area contributed by atoms with E-state index in [4.69, 9.17) is 4.42 Å². The van der Waals surface area contributed by atoms with Crippen LogP contribution in [0.4, 0.5) is 10.2 Å². The van der Waals surface area contributed by atoms with Crippen molar-refractivity contribution in [2.45, 2.75) is 19.4 Å². The van der Waals surface area contributed by atoms with Gasteiger partial charge in [0.15, 0.2) is 0 Å². The molecule has 4 rings (SSSR count). The van der Waals surface area contributed by atoms with Crippen LogP contribution in [0.1, 0.15) is 34.5 Å². The van der Waals surface area contributed by atoms with Gasteiger partial charge in [-0.25, -0.2) is 17.1 Å². The molecule has 1 aliphatic heterocycles. The van der Waals surface area contributed by atoms with Crippen LogP contribution in [-0.2, 0) is 21.4 Å². The number of hydrogen-bond acceptors (Lipinski definition) is 7. The Balaban J connectivity index is 1.72. The lowest BCUT2D eigenvalue weighted by Crippen LogP contribution is -2.32. The van der Waals surface area contributed by atoms with E-state index in [-0.39, 0.29) is 17.9 Å². The number of aromatic nitrogens is 2. The van der Waals surface area contributed by atoms with Crippen molar-refractivity contribution in [1.82, 2.24) is 14.1 Å². The number of carbonyl (C=O) groups excluding carboxylic acids is 2. The Hall–Kier alpha value is -3.47. The summed E-state index contributed by atoms with van der Waals surface area (Å²) in [7, 11) is -1.95. The summed E-state index contributed by atoms with van der Waals surface area (Å²) >= 11 is 0. The van der Waals surface area contributed by atoms with Crippen molar-refractivity contribution in [3.8, 4) is 0 Å². The normalized spacial score (nSPS) is 18.7. The van der Waals surface area contributed by atoms with Gasteiger partial charge >= 0.3 is 0 Å². The molecule has 0 aliphatic carbocycles. The van der Waals surface area contributed by atoms with Crippen molar-refractivity contribution in [1.29, 1.82) is 0 Å². The van der Waals surface area contributed by atoms with Crippen LogP contribution in [0, 0.1) is 11.7 Å². The van der Waals surface area contributed by atoms with E-state index in [0.29, 0.717) is 18.1 Å². The minimum atomic E-state index is -3.71. The van der Waals surface area contributed by atoms with Crippen molar-refractivity contribution < 1.29 is 26.8 Å². The number of anilines is 1. The van der Waals surface area contributed by atoms with Gasteiger partial charge in [0.1, 0.15) is 17.9 Å². The van der Waals surface area contributed by atoms with Crippen LogP contribution >= 0.6 is 0 Å². The van der Waals surface area contributed by atoms with Crippen LogP contribution in [0.5, 0.6) is 0 Å². The highest BCUT2D eigenvalue weighted by atomic mass is 32.2. The number of halogens is 1. The van der Waals surface area contributed by atoms with Gasteiger partial charge in [0.2, 0.25) is 15.9 Å². The SMILES string of the molecule is CC1C(=O)N(S(C)(=O)=O)CC1c1cc(N(C)Cc2ccc(F)cc2)n(C(=O)c2ccoc2)n1. The predicted molar refractivity (Wildman–Crippen MR) is 118 cm³/mol. The maximum absolute atomic E-state index is 13.3. The number of sulfonamides is 1. The lowest BCUT2D eigenvalue weighted by Gasteiger charge is -2.19. The molecule has 1 amide bonds. The summed E-state index contributed by atoms with van der Waals surface area (Å²) in [5.41, 5.74) is 1.53. The number of hydrogen-bond donors (Lipinski definition) is 0. The summed E-state index contributed by atoms with van der Waals surface area (Å²) < 4.78 is 44.4. The van der Waals surface area contributed by atoms with Gasteiger partial charge < -0.3 is 9.32 Å². The average molecular weight is 475 g/mol. The fourth-order valence-electron chi connectivity index (χ4n) is 3.92. The van der Waals surface area contributed by atoms with Crippen LogP contribution < -0.4 is 4.90 Å². The molecule has 0 bridgehead atoms. The third-order valence-electron chi connectivity index (χ3n) is 5.78. The smallest absolute Gasteiger partial charge is 0.283 e. The summed E-state index contributed by atoms with van der Waals surface area (Å²) in [5.74, 6) is -1.98. The molecule has 2 unspecified atom stereocenters. The van der Waals surface area contributed by atoms with Crippen LogP contribution in [0.2, 0.25) is 0 Å². The van der Waals surface area contributed by atoms with E-state index in [0.717, 1.165) is 16.1 Å². The second-order valence-electron chi connectivity index (χ2n) is 8.17. The zero-order chi connectivity index (χ0) is 23.9. The molecule has 1 aliphatic rings. The highest BCUT2D eigenvalue weighted by molar-refractivity contribution is 7.88. The third kappa shape index (κ3) is 4.40. The number of carbonyl (C=O) groups is 2. The van der Waals surface area contributed by atoms with Gasteiger partial charge in [0.05, 0.1) is 23.8 Å². The Morgan fingerprint density at radius 2 is 1.97 bits per heavy atom. The second kappa shape index (κ2) is 8.47. The lowest BCUT2D eigenvalue weighted by atomic mass is 9.94. The van der Waals surface area contributed by atoms with Crippen LogP contribution in [-0.4, -0.2) is 54.2 Å². The molecule has 3 aromatic rings. The van der Waals surface area contributed by atoms with Gasteiger partial charge in [-0.2, -0.15) is 9.78 Å². The maximum Gasteiger partial charge on any atom is 0.283 e. The standard InChI is InChI=1S/C22H23FN4O5S/c1-14-18(12-26(21(14)28)33(3,30)31)19-10-20(25(2)11-15-4-6-17(23)7-5-15)27(24-19)22(29)16-8-9-32-13-16/h4-10,13-14,18H,11-12H2,1-3H3. The van der Waals surface area contributed by atoms with E-state index in [9.17, 15) is 22.4 Å². The largest absolute Gasteiger partial charge is 0.472 e. The van der Waals surface area contributed by atoms with Crippen LogP contribution in [0.3, 0.4) is 0 Å². The third-order valence-corrected chi connectivity index (χ3v) is 6.91. The summed E-state index contributed by atoms with van der Waals surface area (Å²) in [6, 6.07) is 9.20. The number of amides is 1. The number of benzene rings is 1. The van der Waals surface area contributed by atoms with Gasteiger partial charge in [-0.3, -0.25) is 9.59 Å². The molecule has 9 nitrogen and oxygen atoms in total. The molecule has 174 valence electrons. The van der Waals surface area contributed by atoms with Gasteiger partial charge in [-0.1, -0.05) is 19.1 Å². The van der Waals surface area contributed by atoms with Crippen molar-refractivity contribution in [3.05, 3.63) is 71.6 Å². The van der Waals surface area contributed by atoms with E-state index < -0.39 is 33.7 Å². The number of furan rings is 1. The number of nitrogens with zero attached hydrogens (tertiary/aromatic N) is 4. The molecule has 0 N–H and O–H groups in total. The Labute approximate surface area is 190 Å². The van der Waals surface area contributed by atoms with Crippen molar-refractivity contribution in [2.75, 3.05) is 24.7 Å². The molecular formula is C22H23FN4O5S.